The molecule has 0 aliphatic rings. The highest BCUT2D eigenvalue weighted by molar-refractivity contribution is 5.76. The van der Waals surface area contributed by atoms with Gasteiger partial charge >= 0.3 is 0 Å². The van der Waals surface area contributed by atoms with Crippen LogP contribution in [0.4, 0.5) is 5.69 Å². The largest absolute Gasteiger partial charge is 0.399 e. The molecule has 0 spiro atoms. The lowest BCUT2D eigenvalue weighted by Crippen LogP contribution is -2.40. The fraction of sp³-hybridized carbons (Fsp3) is 0.417. The van der Waals surface area contributed by atoms with E-state index in [0.29, 0.717) is 12.1 Å². The van der Waals surface area contributed by atoms with Crippen LogP contribution < -0.4 is 11.1 Å². The number of nitrogens with one attached hydrogen (secondary N) is 1. The molecule has 5 nitrogen and oxygen atoms in total. The summed E-state index contributed by atoms with van der Waals surface area (Å²) in [5.74, 6) is -0.207. The van der Waals surface area contributed by atoms with E-state index in [0.717, 1.165) is 5.56 Å². The minimum absolute atomic E-state index is 0.207. The number of hydrogen-bond donors (Lipinski definition) is 4. The Morgan fingerprint density at radius 1 is 1.29 bits per heavy atom. The first kappa shape index (κ1) is 13.5. The minimum atomic E-state index is -0.587. The number of carbonyl (C=O) groups excluding carboxylic acids is 1. The molecule has 0 bridgehead atoms. The van der Waals surface area contributed by atoms with E-state index >= 15 is 0 Å². The molecule has 0 unspecified atom stereocenters. The van der Waals surface area contributed by atoms with Gasteiger partial charge in [-0.15, -0.1) is 0 Å². The van der Waals surface area contributed by atoms with Crippen LogP contribution >= 0.6 is 0 Å². The van der Waals surface area contributed by atoms with E-state index in [4.69, 9.17) is 15.9 Å². The van der Waals surface area contributed by atoms with Crippen molar-refractivity contribution in [3.05, 3.63) is 29.8 Å². The van der Waals surface area contributed by atoms with Crippen molar-refractivity contribution in [2.75, 3.05) is 18.9 Å². The average molecular weight is 238 g/mol. The number of amides is 1. The lowest BCUT2D eigenvalue weighted by atomic mass is 10.1. The molecule has 0 fully saturated rings. The van der Waals surface area contributed by atoms with Crippen LogP contribution in [0.25, 0.3) is 0 Å². The summed E-state index contributed by atoms with van der Waals surface area (Å²) < 4.78 is 0. The Morgan fingerprint density at radius 2 is 1.94 bits per heavy atom. The molecule has 17 heavy (non-hydrogen) atoms. The van der Waals surface area contributed by atoms with Gasteiger partial charge in [-0.05, 0) is 18.1 Å². The predicted octanol–water partition coefficient (Wildman–Crippen LogP) is -0.329. The van der Waals surface area contributed by atoms with Crippen LogP contribution in [0.2, 0.25) is 0 Å². The van der Waals surface area contributed by atoms with Crippen LogP contribution in [-0.2, 0) is 11.2 Å². The third-order valence-electron chi connectivity index (χ3n) is 2.48. The first-order valence-corrected chi connectivity index (χ1v) is 5.51. The third-order valence-corrected chi connectivity index (χ3v) is 2.48. The molecule has 1 aromatic rings. The van der Waals surface area contributed by atoms with Gasteiger partial charge in [0.1, 0.15) is 0 Å². The quantitative estimate of drug-likeness (QED) is 0.510. The molecule has 0 radical (unpaired) electrons. The number of rotatable bonds is 6. The van der Waals surface area contributed by atoms with E-state index in [1.807, 2.05) is 18.2 Å². The minimum Gasteiger partial charge on any atom is -0.399 e. The highest BCUT2D eigenvalue weighted by atomic mass is 16.3. The monoisotopic (exact) mass is 238 g/mol. The van der Waals surface area contributed by atoms with Gasteiger partial charge in [0.05, 0.1) is 19.3 Å². The van der Waals surface area contributed by atoms with Gasteiger partial charge in [0.25, 0.3) is 0 Å². The van der Waals surface area contributed by atoms with Crippen LogP contribution in [-0.4, -0.2) is 35.4 Å². The fourth-order valence-corrected chi connectivity index (χ4v) is 1.46. The standard InChI is InChI=1S/C12H18N2O3/c13-11-4-2-1-3-9(11)5-6-12(17)14-10(7-15)8-16/h1-4,10,15-16H,5-8,13H2,(H,14,17). The van der Waals surface area contributed by atoms with E-state index in [1.54, 1.807) is 6.07 Å². The van der Waals surface area contributed by atoms with Gasteiger partial charge < -0.3 is 21.3 Å². The number of anilines is 1. The SMILES string of the molecule is Nc1ccccc1CCC(=O)NC(CO)CO. The topological polar surface area (TPSA) is 95.6 Å². The zero-order chi connectivity index (χ0) is 12.7. The lowest BCUT2D eigenvalue weighted by molar-refractivity contribution is -0.122. The first-order chi connectivity index (χ1) is 8.17. The summed E-state index contributed by atoms with van der Waals surface area (Å²) >= 11 is 0. The molecule has 0 atom stereocenters. The normalized spacial score (nSPS) is 10.5. The molecule has 94 valence electrons. The summed E-state index contributed by atoms with van der Waals surface area (Å²) in [4.78, 5) is 11.5. The molecule has 1 rings (SSSR count). The molecule has 0 saturated carbocycles. The zero-order valence-electron chi connectivity index (χ0n) is 9.60. The Hall–Kier alpha value is -1.59. The maximum Gasteiger partial charge on any atom is 0.220 e. The molecule has 0 saturated heterocycles. The van der Waals surface area contributed by atoms with Gasteiger partial charge in [0, 0.05) is 12.1 Å². The van der Waals surface area contributed by atoms with Crippen molar-refractivity contribution < 1.29 is 15.0 Å². The summed E-state index contributed by atoms with van der Waals surface area (Å²) in [6.07, 6.45) is 0.826. The van der Waals surface area contributed by atoms with Gasteiger partial charge in [0.15, 0.2) is 0 Å². The molecule has 0 aromatic heterocycles. The number of aliphatic hydroxyl groups is 2. The Morgan fingerprint density at radius 3 is 2.53 bits per heavy atom. The smallest absolute Gasteiger partial charge is 0.220 e. The Balaban J connectivity index is 2.41. The van der Waals surface area contributed by atoms with Crippen LogP contribution in [0.3, 0.4) is 0 Å². The number of aliphatic hydroxyl groups excluding tert-OH is 2. The molecule has 5 N–H and O–H groups in total. The number of nitrogens with two attached hydrogens (primary N) is 1. The second-order valence-electron chi connectivity index (χ2n) is 3.83. The molecule has 0 aliphatic carbocycles. The summed E-state index contributed by atoms with van der Waals surface area (Å²) in [5.41, 5.74) is 7.34. The average Bonchev–Trinajstić information content (AvgIpc) is 2.35. The number of carbonyl (C=O) groups is 1. The Bertz CT molecular complexity index is 365. The van der Waals surface area contributed by atoms with Crippen LogP contribution in [0.5, 0.6) is 0 Å². The van der Waals surface area contributed by atoms with Gasteiger partial charge in [-0.25, -0.2) is 0 Å². The molecule has 0 aliphatic heterocycles. The maximum absolute atomic E-state index is 11.5. The van der Waals surface area contributed by atoms with Crippen molar-refractivity contribution in [1.82, 2.24) is 5.32 Å². The fourth-order valence-electron chi connectivity index (χ4n) is 1.46. The van der Waals surface area contributed by atoms with Crippen molar-refractivity contribution in [3.8, 4) is 0 Å². The molecular formula is C12H18N2O3. The number of nitrogen functional groups attached to an aromatic ring is 1. The highest BCUT2D eigenvalue weighted by Crippen LogP contribution is 2.12. The van der Waals surface area contributed by atoms with Crippen LogP contribution in [0, 0.1) is 0 Å². The lowest BCUT2D eigenvalue weighted by Gasteiger charge is -2.13. The van der Waals surface area contributed by atoms with Crippen molar-refractivity contribution in [2.24, 2.45) is 0 Å². The van der Waals surface area contributed by atoms with Crippen molar-refractivity contribution in [2.45, 2.75) is 18.9 Å². The number of hydrogen-bond acceptors (Lipinski definition) is 4. The van der Waals surface area contributed by atoms with E-state index in [9.17, 15) is 4.79 Å². The van der Waals surface area contributed by atoms with Gasteiger partial charge in [-0.2, -0.15) is 0 Å². The summed E-state index contributed by atoms with van der Waals surface area (Å²) in [7, 11) is 0. The number of aryl methyl sites for hydroxylation is 1. The Labute approximate surface area is 100 Å². The first-order valence-electron chi connectivity index (χ1n) is 5.51. The highest BCUT2D eigenvalue weighted by Gasteiger charge is 2.10. The molecule has 1 amide bonds. The van der Waals surface area contributed by atoms with E-state index < -0.39 is 6.04 Å². The maximum atomic E-state index is 11.5. The molecular weight excluding hydrogens is 220 g/mol. The molecule has 5 heteroatoms. The molecule has 0 heterocycles. The summed E-state index contributed by atoms with van der Waals surface area (Å²) in [6.45, 7) is -0.536. The van der Waals surface area contributed by atoms with Crippen LogP contribution in [0.15, 0.2) is 24.3 Å². The van der Waals surface area contributed by atoms with Gasteiger partial charge in [-0.3, -0.25) is 4.79 Å². The van der Waals surface area contributed by atoms with Crippen molar-refractivity contribution in [1.29, 1.82) is 0 Å². The second-order valence-corrected chi connectivity index (χ2v) is 3.83. The van der Waals surface area contributed by atoms with E-state index in [2.05, 4.69) is 5.32 Å². The van der Waals surface area contributed by atoms with E-state index in [1.165, 1.54) is 0 Å². The van der Waals surface area contributed by atoms with Crippen molar-refractivity contribution in [3.63, 3.8) is 0 Å². The van der Waals surface area contributed by atoms with Gasteiger partial charge in [-0.1, -0.05) is 18.2 Å². The van der Waals surface area contributed by atoms with E-state index in [-0.39, 0.29) is 25.5 Å². The summed E-state index contributed by atoms with van der Waals surface area (Å²) in [5, 5.41) is 20.1. The van der Waals surface area contributed by atoms with Gasteiger partial charge in [0.2, 0.25) is 5.91 Å². The predicted molar refractivity (Wildman–Crippen MR) is 65.3 cm³/mol. The number of benzene rings is 1. The zero-order valence-corrected chi connectivity index (χ0v) is 9.60. The third kappa shape index (κ3) is 4.42. The number of para-hydroxylation sites is 1. The second kappa shape index (κ2) is 6.88. The van der Waals surface area contributed by atoms with Crippen LogP contribution in [0.1, 0.15) is 12.0 Å². The van der Waals surface area contributed by atoms with Crippen molar-refractivity contribution >= 4 is 11.6 Å². The molecule has 1 aromatic carbocycles. The summed E-state index contributed by atoms with van der Waals surface area (Å²) in [6, 6.07) is 6.78. The Kier molecular flexibility index (Phi) is 5.45.